The van der Waals surface area contributed by atoms with Gasteiger partial charge in [-0.1, -0.05) is 57.4 Å². The van der Waals surface area contributed by atoms with Crippen LogP contribution in [0.3, 0.4) is 0 Å². The molecule has 2 atom stereocenters. The number of hydrogen-bond acceptors (Lipinski definition) is 4. The molecule has 0 aromatic heterocycles. The third-order valence-electron chi connectivity index (χ3n) is 6.73. The molecule has 0 spiro atoms. The minimum atomic E-state index is -0.614. The molecule has 2 aliphatic rings. The Balaban J connectivity index is 1.59. The Bertz CT molecular complexity index is 892. The number of carbonyl (C=O) groups excluding carboxylic acids is 1. The van der Waals surface area contributed by atoms with Gasteiger partial charge in [-0.05, 0) is 55.5 Å². The fourth-order valence-electron chi connectivity index (χ4n) is 4.88. The number of nitrogens with one attached hydrogen (secondary N) is 1. The summed E-state index contributed by atoms with van der Waals surface area (Å²) in [6.07, 6.45) is 7.65. The Morgan fingerprint density at radius 3 is 2.62 bits per heavy atom. The van der Waals surface area contributed by atoms with Gasteiger partial charge in [-0.15, -0.1) is 0 Å². The maximum atomic E-state index is 13.7. The fourth-order valence-corrected chi connectivity index (χ4v) is 4.88. The molecular weight excluding hydrogens is 400 g/mol. The minimum absolute atomic E-state index is 0.0629. The molecule has 1 amide bonds. The topological polar surface area (TPSA) is 50.8 Å². The molecule has 1 N–H and O–H groups in total. The van der Waals surface area contributed by atoms with E-state index in [-0.39, 0.29) is 12.0 Å². The number of unbranched alkanes of at least 4 members (excludes halogenated alkanes) is 3. The third kappa shape index (κ3) is 4.63. The van der Waals surface area contributed by atoms with Crippen molar-refractivity contribution in [3.63, 3.8) is 0 Å². The van der Waals surface area contributed by atoms with Crippen molar-refractivity contribution in [1.82, 2.24) is 4.90 Å². The second-order valence-electron chi connectivity index (χ2n) is 8.87. The largest absolute Gasteiger partial charge is 0.494 e. The van der Waals surface area contributed by atoms with E-state index < -0.39 is 5.66 Å². The number of carbonyl (C=O) groups is 1. The van der Waals surface area contributed by atoms with Gasteiger partial charge in [0.2, 0.25) is 0 Å². The highest BCUT2D eigenvalue weighted by molar-refractivity contribution is 6.02. The normalized spacial score (nSPS) is 22.5. The molecule has 4 rings (SSSR count). The molecule has 5 heteroatoms. The van der Waals surface area contributed by atoms with E-state index in [9.17, 15) is 4.79 Å². The minimum Gasteiger partial charge on any atom is -0.494 e. The zero-order valence-electron chi connectivity index (χ0n) is 19.4. The second-order valence-corrected chi connectivity index (χ2v) is 8.87. The van der Waals surface area contributed by atoms with Crippen LogP contribution >= 0.6 is 0 Å². The van der Waals surface area contributed by atoms with Crippen molar-refractivity contribution in [1.29, 1.82) is 0 Å². The predicted molar refractivity (Wildman–Crippen MR) is 128 cm³/mol. The van der Waals surface area contributed by atoms with E-state index in [2.05, 4.69) is 31.3 Å². The van der Waals surface area contributed by atoms with Crippen LogP contribution in [0.5, 0.6) is 5.75 Å². The first kappa shape index (κ1) is 22.7. The maximum absolute atomic E-state index is 13.7. The van der Waals surface area contributed by atoms with Gasteiger partial charge in [0.05, 0.1) is 18.3 Å². The average molecular weight is 437 g/mol. The Hall–Kier alpha value is -2.53. The number of nitrogens with zero attached hydrogens (tertiary/aromatic N) is 1. The lowest BCUT2D eigenvalue weighted by Crippen LogP contribution is -2.59. The summed E-state index contributed by atoms with van der Waals surface area (Å²) < 4.78 is 11.9. The lowest BCUT2D eigenvalue weighted by molar-refractivity contribution is 0.0187. The average Bonchev–Trinajstić information content (AvgIpc) is 3.34. The molecule has 2 unspecified atom stereocenters. The van der Waals surface area contributed by atoms with Crippen LogP contribution in [0.25, 0.3) is 0 Å². The van der Waals surface area contributed by atoms with Gasteiger partial charge in [0, 0.05) is 18.8 Å². The van der Waals surface area contributed by atoms with Crippen LogP contribution in [-0.4, -0.2) is 36.7 Å². The zero-order chi connectivity index (χ0) is 22.4. The van der Waals surface area contributed by atoms with E-state index in [1.807, 2.05) is 41.3 Å². The molecule has 172 valence electrons. The van der Waals surface area contributed by atoms with Crippen LogP contribution in [-0.2, 0) is 10.4 Å². The Morgan fingerprint density at radius 1 is 1.09 bits per heavy atom. The molecule has 2 aromatic rings. The molecule has 1 saturated heterocycles. The molecule has 0 saturated carbocycles. The number of anilines is 1. The second kappa shape index (κ2) is 10.4. The SMILES string of the molecule is CCCCCCOc1ccc(C2(CC)Nc3ccccc3C(=O)N2CC2CCCO2)cc1. The quantitative estimate of drug-likeness (QED) is 0.467. The van der Waals surface area contributed by atoms with E-state index >= 15 is 0 Å². The number of para-hydroxylation sites is 1. The van der Waals surface area contributed by atoms with Crippen molar-refractivity contribution in [3.8, 4) is 5.75 Å². The lowest BCUT2D eigenvalue weighted by atomic mass is 9.89. The van der Waals surface area contributed by atoms with Crippen LogP contribution in [0.15, 0.2) is 48.5 Å². The standard InChI is InChI=1S/C27H36N2O3/c1-3-5-6-9-18-31-22-16-14-21(15-17-22)27(4-2)28-25-13-8-7-12-24(25)26(30)29(27)20-23-11-10-19-32-23/h7-8,12-17,23,28H,3-6,9-11,18-20H2,1-2H3. The van der Waals surface area contributed by atoms with E-state index in [1.54, 1.807) is 0 Å². The van der Waals surface area contributed by atoms with Gasteiger partial charge in [-0.3, -0.25) is 4.79 Å². The summed E-state index contributed by atoms with van der Waals surface area (Å²) in [4.78, 5) is 15.6. The summed E-state index contributed by atoms with van der Waals surface area (Å²) in [5, 5.41) is 3.73. The first-order chi connectivity index (χ1) is 15.7. The Kier molecular flexibility index (Phi) is 7.36. The van der Waals surface area contributed by atoms with Gasteiger partial charge >= 0.3 is 0 Å². The summed E-state index contributed by atoms with van der Waals surface area (Å²) in [6.45, 7) is 6.46. The molecule has 32 heavy (non-hydrogen) atoms. The number of fused-ring (bicyclic) bond motifs is 1. The van der Waals surface area contributed by atoms with Crippen molar-refractivity contribution in [2.24, 2.45) is 0 Å². The number of rotatable bonds is 10. The van der Waals surface area contributed by atoms with Gasteiger partial charge in [0.15, 0.2) is 0 Å². The van der Waals surface area contributed by atoms with Crippen molar-refractivity contribution in [3.05, 3.63) is 59.7 Å². The molecule has 1 fully saturated rings. The zero-order valence-corrected chi connectivity index (χ0v) is 19.4. The van der Waals surface area contributed by atoms with Gasteiger partial charge < -0.3 is 19.7 Å². The number of ether oxygens (including phenoxy) is 2. The van der Waals surface area contributed by atoms with Crippen LogP contribution in [0.2, 0.25) is 0 Å². The molecular formula is C27H36N2O3. The van der Waals surface area contributed by atoms with E-state index in [1.165, 1.54) is 19.3 Å². The van der Waals surface area contributed by atoms with Crippen molar-refractivity contribution >= 4 is 11.6 Å². The van der Waals surface area contributed by atoms with Crippen molar-refractivity contribution < 1.29 is 14.3 Å². The number of benzene rings is 2. The molecule has 2 aliphatic heterocycles. The molecule has 0 bridgehead atoms. The summed E-state index contributed by atoms with van der Waals surface area (Å²) in [6, 6.07) is 16.1. The Morgan fingerprint density at radius 2 is 1.91 bits per heavy atom. The van der Waals surface area contributed by atoms with Crippen LogP contribution in [0.1, 0.15) is 74.7 Å². The van der Waals surface area contributed by atoms with Crippen molar-refractivity contribution in [2.75, 3.05) is 25.1 Å². The summed E-state index contributed by atoms with van der Waals surface area (Å²) >= 11 is 0. The van der Waals surface area contributed by atoms with Crippen molar-refractivity contribution in [2.45, 2.75) is 70.6 Å². The van der Waals surface area contributed by atoms with E-state index in [0.29, 0.717) is 6.54 Å². The van der Waals surface area contributed by atoms with Gasteiger partial charge in [-0.2, -0.15) is 0 Å². The first-order valence-electron chi connectivity index (χ1n) is 12.2. The monoisotopic (exact) mass is 436 g/mol. The number of amides is 1. The fraction of sp³-hybridized carbons (Fsp3) is 0.519. The predicted octanol–water partition coefficient (Wildman–Crippen LogP) is 5.96. The van der Waals surface area contributed by atoms with Gasteiger partial charge in [0.1, 0.15) is 11.4 Å². The lowest BCUT2D eigenvalue weighted by Gasteiger charge is -2.49. The highest BCUT2D eigenvalue weighted by atomic mass is 16.5. The maximum Gasteiger partial charge on any atom is 0.258 e. The highest BCUT2D eigenvalue weighted by Gasteiger charge is 2.45. The smallest absolute Gasteiger partial charge is 0.258 e. The summed E-state index contributed by atoms with van der Waals surface area (Å²) in [5.74, 6) is 0.942. The molecule has 2 heterocycles. The Labute approximate surface area is 192 Å². The van der Waals surface area contributed by atoms with Crippen LogP contribution < -0.4 is 10.1 Å². The molecule has 0 aliphatic carbocycles. The first-order valence-corrected chi connectivity index (χ1v) is 12.2. The summed E-state index contributed by atoms with van der Waals surface area (Å²) in [7, 11) is 0. The molecule has 0 radical (unpaired) electrons. The van der Waals surface area contributed by atoms with Crippen LogP contribution in [0.4, 0.5) is 5.69 Å². The summed E-state index contributed by atoms with van der Waals surface area (Å²) in [5.41, 5.74) is 2.07. The third-order valence-corrected chi connectivity index (χ3v) is 6.73. The highest BCUT2D eigenvalue weighted by Crippen LogP contribution is 2.41. The van der Waals surface area contributed by atoms with Crippen LogP contribution in [0, 0.1) is 0 Å². The van der Waals surface area contributed by atoms with Gasteiger partial charge in [0.25, 0.3) is 5.91 Å². The molecule has 5 nitrogen and oxygen atoms in total. The van der Waals surface area contributed by atoms with E-state index in [4.69, 9.17) is 9.47 Å². The number of hydrogen-bond donors (Lipinski definition) is 1. The van der Waals surface area contributed by atoms with E-state index in [0.717, 1.165) is 61.5 Å². The molecule has 2 aromatic carbocycles. The van der Waals surface area contributed by atoms with Gasteiger partial charge in [-0.25, -0.2) is 0 Å².